The first-order valence-electron chi connectivity index (χ1n) is 8.14. The molecule has 0 radical (unpaired) electrons. The zero-order valence-corrected chi connectivity index (χ0v) is 13.6. The van der Waals surface area contributed by atoms with Gasteiger partial charge in [0, 0.05) is 18.9 Å². The standard InChI is InChI=1S/C16H29N3O3/c1-10(2)7-11-3-5-13(6-4-11)19-15(21)9-12(16(18)22)8-14(17)20/h10-13H,3-9H2,1-2H3,(H2,17,20)(H2,18,22)(H,19,21). The van der Waals surface area contributed by atoms with Gasteiger partial charge in [0.15, 0.2) is 0 Å². The van der Waals surface area contributed by atoms with Crippen molar-refractivity contribution in [3.63, 3.8) is 0 Å². The summed E-state index contributed by atoms with van der Waals surface area (Å²) in [6, 6.07) is 0.165. The Morgan fingerprint density at radius 3 is 2.09 bits per heavy atom. The van der Waals surface area contributed by atoms with Crippen molar-refractivity contribution in [3.8, 4) is 0 Å². The third-order valence-electron chi connectivity index (χ3n) is 4.30. The van der Waals surface area contributed by atoms with E-state index in [1.54, 1.807) is 0 Å². The number of rotatable bonds is 8. The molecule has 6 heteroatoms. The van der Waals surface area contributed by atoms with Crippen molar-refractivity contribution in [3.05, 3.63) is 0 Å². The Kier molecular flexibility index (Phi) is 7.35. The van der Waals surface area contributed by atoms with Gasteiger partial charge in [-0.15, -0.1) is 0 Å². The average molecular weight is 311 g/mol. The Balaban J connectivity index is 2.36. The van der Waals surface area contributed by atoms with Crippen LogP contribution in [0.3, 0.4) is 0 Å². The first-order valence-corrected chi connectivity index (χ1v) is 8.14. The van der Waals surface area contributed by atoms with Crippen LogP contribution in [0.15, 0.2) is 0 Å². The molecule has 3 amide bonds. The highest BCUT2D eigenvalue weighted by Gasteiger charge is 2.26. The van der Waals surface area contributed by atoms with Gasteiger partial charge in [-0.3, -0.25) is 14.4 Å². The van der Waals surface area contributed by atoms with Gasteiger partial charge in [0.25, 0.3) is 0 Å². The second-order valence-corrected chi connectivity index (χ2v) is 6.89. The fourth-order valence-corrected chi connectivity index (χ4v) is 3.24. The summed E-state index contributed by atoms with van der Waals surface area (Å²) in [4.78, 5) is 34.1. The number of hydrogen-bond donors (Lipinski definition) is 3. The van der Waals surface area contributed by atoms with Gasteiger partial charge < -0.3 is 16.8 Å². The lowest BCUT2D eigenvalue weighted by Gasteiger charge is -2.30. The molecule has 0 aromatic carbocycles. The summed E-state index contributed by atoms with van der Waals surface area (Å²) in [5, 5.41) is 2.95. The molecule has 1 saturated carbocycles. The molecule has 5 N–H and O–H groups in total. The van der Waals surface area contributed by atoms with Gasteiger partial charge in [0.05, 0.1) is 5.92 Å². The Bertz CT molecular complexity index is 401. The molecule has 0 bridgehead atoms. The molecule has 6 nitrogen and oxygen atoms in total. The third kappa shape index (κ3) is 6.91. The van der Waals surface area contributed by atoms with Crippen LogP contribution in [0.25, 0.3) is 0 Å². The first kappa shape index (κ1) is 18.5. The van der Waals surface area contributed by atoms with E-state index in [1.807, 2.05) is 0 Å². The molecular weight excluding hydrogens is 282 g/mol. The molecule has 0 aromatic heterocycles. The minimum atomic E-state index is -0.810. The minimum absolute atomic E-state index is 0.0653. The van der Waals surface area contributed by atoms with Crippen molar-refractivity contribution < 1.29 is 14.4 Å². The van der Waals surface area contributed by atoms with Crippen LogP contribution in [0, 0.1) is 17.8 Å². The maximum Gasteiger partial charge on any atom is 0.221 e. The molecule has 22 heavy (non-hydrogen) atoms. The molecule has 1 aliphatic carbocycles. The smallest absolute Gasteiger partial charge is 0.221 e. The van der Waals surface area contributed by atoms with E-state index < -0.39 is 17.7 Å². The van der Waals surface area contributed by atoms with E-state index in [0.29, 0.717) is 5.92 Å². The average Bonchev–Trinajstić information content (AvgIpc) is 2.39. The first-order chi connectivity index (χ1) is 10.3. The molecule has 1 rings (SSSR count). The van der Waals surface area contributed by atoms with Gasteiger partial charge >= 0.3 is 0 Å². The number of nitrogens with two attached hydrogens (primary N) is 2. The highest BCUT2D eigenvalue weighted by Crippen LogP contribution is 2.29. The van der Waals surface area contributed by atoms with Gasteiger partial charge in [-0.05, 0) is 43.9 Å². The van der Waals surface area contributed by atoms with E-state index >= 15 is 0 Å². The van der Waals surface area contributed by atoms with Gasteiger partial charge in [0.1, 0.15) is 0 Å². The van der Waals surface area contributed by atoms with E-state index in [0.717, 1.165) is 31.6 Å². The fraction of sp³-hybridized carbons (Fsp3) is 0.812. The highest BCUT2D eigenvalue weighted by atomic mass is 16.2. The quantitative estimate of drug-likeness (QED) is 0.622. The molecule has 0 aromatic rings. The van der Waals surface area contributed by atoms with Crippen LogP contribution in [0.5, 0.6) is 0 Å². The van der Waals surface area contributed by atoms with Crippen LogP contribution < -0.4 is 16.8 Å². The molecule has 0 aliphatic heterocycles. The predicted molar refractivity (Wildman–Crippen MR) is 84.5 cm³/mol. The molecular formula is C16H29N3O3. The van der Waals surface area contributed by atoms with Crippen molar-refractivity contribution in [1.29, 1.82) is 0 Å². The molecule has 0 spiro atoms. The lowest BCUT2D eigenvalue weighted by Crippen LogP contribution is -2.40. The lowest BCUT2D eigenvalue weighted by molar-refractivity contribution is -0.131. The summed E-state index contributed by atoms with van der Waals surface area (Å²) < 4.78 is 0. The molecule has 1 fully saturated rings. The van der Waals surface area contributed by atoms with Crippen LogP contribution in [0.4, 0.5) is 0 Å². The number of carbonyl (C=O) groups is 3. The third-order valence-corrected chi connectivity index (χ3v) is 4.30. The second kappa shape index (κ2) is 8.76. The summed E-state index contributed by atoms with van der Waals surface area (Å²) in [5.41, 5.74) is 10.3. The van der Waals surface area contributed by atoms with Crippen molar-refractivity contribution in [2.75, 3.05) is 0 Å². The summed E-state index contributed by atoms with van der Waals surface area (Å²) >= 11 is 0. The summed E-state index contributed by atoms with van der Waals surface area (Å²) in [7, 11) is 0. The number of nitrogens with one attached hydrogen (secondary N) is 1. The number of amides is 3. The van der Waals surface area contributed by atoms with Gasteiger partial charge in [0.2, 0.25) is 17.7 Å². The summed E-state index contributed by atoms with van der Waals surface area (Å²) in [6.07, 6.45) is 5.20. The molecule has 126 valence electrons. The van der Waals surface area contributed by atoms with E-state index in [2.05, 4.69) is 19.2 Å². The number of primary amides is 2. The molecule has 1 atom stereocenters. The zero-order chi connectivity index (χ0) is 16.7. The molecule has 1 unspecified atom stereocenters. The van der Waals surface area contributed by atoms with E-state index in [9.17, 15) is 14.4 Å². The number of carbonyl (C=O) groups excluding carboxylic acids is 3. The van der Waals surface area contributed by atoms with Crippen molar-refractivity contribution in [1.82, 2.24) is 5.32 Å². The van der Waals surface area contributed by atoms with Crippen LogP contribution in [-0.2, 0) is 14.4 Å². The summed E-state index contributed by atoms with van der Waals surface area (Å²) in [6.45, 7) is 4.47. The normalized spacial score (nSPS) is 23.0. The molecule has 1 aliphatic rings. The monoisotopic (exact) mass is 311 g/mol. The Hall–Kier alpha value is -1.59. The van der Waals surface area contributed by atoms with E-state index in [1.165, 1.54) is 6.42 Å². The van der Waals surface area contributed by atoms with Gasteiger partial charge in [-0.2, -0.15) is 0 Å². The SMILES string of the molecule is CC(C)CC1CCC(NC(=O)CC(CC(N)=O)C(N)=O)CC1. The maximum absolute atomic E-state index is 12.0. The second-order valence-electron chi connectivity index (χ2n) is 6.89. The van der Waals surface area contributed by atoms with Gasteiger partial charge in [-0.25, -0.2) is 0 Å². The lowest BCUT2D eigenvalue weighted by atomic mass is 9.81. The largest absolute Gasteiger partial charge is 0.370 e. The molecule has 0 saturated heterocycles. The highest BCUT2D eigenvalue weighted by molar-refractivity contribution is 5.88. The van der Waals surface area contributed by atoms with Crippen LogP contribution in [-0.4, -0.2) is 23.8 Å². The van der Waals surface area contributed by atoms with E-state index in [4.69, 9.17) is 11.5 Å². The summed E-state index contributed by atoms with van der Waals surface area (Å²) in [5.74, 6) is -0.852. The topological polar surface area (TPSA) is 115 Å². The Morgan fingerprint density at radius 1 is 1.05 bits per heavy atom. The van der Waals surface area contributed by atoms with E-state index in [-0.39, 0.29) is 24.8 Å². The van der Waals surface area contributed by atoms with Crippen LogP contribution >= 0.6 is 0 Å². The Labute approximate surface area is 132 Å². The van der Waals surface area contributed by atoms with Crippen LogP contribution in [0.1, 0.15) is 58.8 Å². The van der Waals surface area contributed by atoms with Crippen molar-refractivity contribution in [2.45, 2.75) is 64.8 Å². The fourth-order valence-electron chi connectivity index (χ4n) is 3.24. The predicted octanol–water partition coefficient (Wildman–Crippen LogP) is 1.07. The van der Waals surface area contributed by atoms with Crippen molar-refractivity contribution >= 4 is 17.7 Å². The minimum Gasteiger partial charge on any atom is -0.370 e. The molecule has 0 heterocycles. The zero-order valence-electron chi connectivity index (χ0n) is 13.6. The van der Waals surface area contributed by atoms with Crippen molar-refractivity contribution in [2.24, 2.45) is 29.2 Å². The van der Waals surface area contributed by atoms with Gasteiger partial charge in [-0.1, -0.05) is 13.8 Å². The maximum atomic E-state index is 12.0. The van der Waals surface area contributed by atoms with Crippen LogP contribution in [0.2, 0.25) is 0 Å². The number of hydrogen-bond acceptors (Lipinski definition) is 3. The Morgan fingerprint density at radius 2 is 1.64 bits per heavy atom.